The number of ether oxygens (including phenoxy) is 1. The number of esters is 1. The molecular weight excluding hydrogens is 248 g/mol. The van der Waals surface area contributed by atoms with E-state index >= 15 is 0 Å². The van der Waals surface area contributed by atoms with Crippen molar-refractivity contribution in [3.05, 3.63) is 35.4 Å². The molecule has 0 bridgehead atoms. The predicted octanol–water partition coefficient (Wildman–Crippen LogP) is 5.21. The first-order valence-corrected chi connectivity index (χ1v) is 7.89. The Morgan fingerprint density at radius 2 is 1.65 bits per heavy atom. The minimum Gasteiger partial charge on any atom is -0.458 e. The molecule has 1 rings (SSSR count). The molecule has 1 unspecified atom stereocenters. The third-order valence-electron chi connectivity index (χ3n) is 3.61. The van der Waals surface area contributed by atoms with Crippen LogP contribution in [-0.2, 0) is 16.0 Å². The second-order valence-corrected chi connectivity index (χ2v) is 5.51. The Bertz CT molecular complexity index is 381. The maximum atomic E-state index is 10.9. The van der Waals surface area contributed by atoms with E-state index in [1.54, 1.807) is 0 Å². The van der Waals surface area contributed by atoms with E-state index in [0.717, 1.165) is 12.0 Å². The average molecular weight is 276 g/mol. The Morgan fingerprint density at radius 3 is 2.25 bits per heavy atom. The van der Waals surface area contributed by atoms with Crippen molar-refractivity contribution in [2.45, 2.75) is 71.8 Å². The van der Waals surface area contributed by atoms with E-state index in [1.165, 1.54) is 51.0 Å². The zero-order valence-electron chi connectivity index (χ0n) is 13.2. The Labute approximate surface area is 123 Å². The van der Waals surface area contributed by atoms with Crippen LogP contribution in [0.15, 0.2) is 24.3 Å². The quantitative estimate of drug-likeness (QED) is 0.457. The van der Waals surface area contributed by atoms with Crippen LogP contribution in [0.25, 0.3) is 0 Å². The first kappa shape index (κ1) is 16.7. The molecule has 0 aromatic heterocycles. The third-order valence-corrected chi connectivity index (χ3v) is 3.61. The van der Waals surface area contributed by atoms with Crippen LogP contribution in [-0.4, -0.2) is 5.97 Å². The fourth-order valence-corrected chi connectivity index (χ4v) is 2.38. The number of rotatable bonds is 9. The van der Waals surface area contributed by atoms with Crippen molar-refractivity contribution < 1.29 is 9.53 Å². The monoisotopic (exact) mass is 276 g/mol. The summed E-state index contributed by atoms with van der Waals surface area (Å²) in [5.41, 5.74) is 2.44. The largest absolute Gasteiger partial charge is 0.458 e. The molecule has 0 saturated carbocycles. The standard InChI is InChI=1S/C18H28O2/c1-4-5-6-7-8-9-10-17-11-13-18(14-12-17)15(2)20-16(3)19/h11-15H,4-10H2,1-3H3. The normalized spacial score (nSPS) is 12.2. The van der Waals surface area contributed by atoms with Gasteiger partial charge in [0.15, 0.2) is 0 Å². The van der Waals surface area contributed by atoms with Gasteiger partial charge in [-0.2, -0.15) is 0 Å². The molecule has 2 nitrogen and oxygen atoms in total. The van der Waals surface area contributed by atoms with Gasteiger partial charge < -0.3 is 4.74 Å². The van der Waals surface area contributed by atoms with E-state index in [2.05, 4.69) is 31.2 Å². The first-order chi connectivity index (χ1) is 9.63. The Hall–Kier alpha value is -1.31. The second kappa shape index (κ2) is 9.57. The molecule has 0 fully saturated rings. The van der Waals surface area contributed by atoms with Gasteiger partial charge in [-0.1, -0.05) is 63.3 Å². The molecule has 0 radical (unpaired) electrons. The lowest BCUT2D eigenvalue weighted by molar-refractivity contribution is -0.145. The van der Waals surface area contributed by atoms with Crippen molar-refractivity contribution in [1.29, 1.82) is 0 Å². The van der Waals surface area contributed by atoms with Crippen LogP contribution in [0.1, 0.15) is 76.5 Å². The number of carbonyl (C=O) groups is 1. The highest BCUT2D eigenvalue weighted by molar-refractivity contribution is 5.66. The molecule has 0 saturated heterocycles. The molecule has 0 amide bonds. The summed E-state index contributed by atoms with van der Waals surface area (Å²) in [7, 11) is 0. The second-order valence-electron chi connectivity index (χ2n) is 5.51. The van der Waals surface area contributed by atoms with Gasteiger partial charge >= 0.3 is 5.97 Å². The Balaban J connectivity index is 2.29. The van der Waals surface area contributed by atoms with Crippen LogP contribution in [0.4, 0.5) is 0 Å². The van der Waals surface area contributed by atoms with Crippen molar-refractivity contribution in [3.8, 4) is 0 Å². The third kappa shape index (κ3) is 6.74. The zero-order valence-corrected chi connectivity index (χ0v) is 13.2. The Morgan fingerprint density at radius 1 is 1.05 bits per heavy atom. The molecule has 2 heteroatoms. The topological polar surface area (TPSA) is 26.3 Å². The SMILES string of the molecule is CCCCCCCCc1ccc(C(C)OC(C)=O)cc1. The van der Waals surface area contributed by atoms with Gasteiger partial charge in [0.1, 0.15) is 6.10 Å². The van der Waals surface area contributed by atoms with Gasteiger partial charge in [-0.3, -0.25) is 4.79 Å². The zero-order chi connectivity index (χ0) is 14.8. The number of benzene rings is 1. The van der Waals surface area contributed by atoms with E-state index in [9.17, 15) is 4.79 Å². The van der Waals surface area contributed by atoms with Crippen molar-refractivity contribution in [2.75, 3.05) is 0 Å². The maximum Gasteiger partial charge on any atom is 0.303 e. The summed E-state index contributed by atoms with van der Waals surface area (Å²) in [5, 5.41) is 0. The molecule has 0 heterocycles. The molecule has 0 spiro atoms. The lowest BCUT2D eigenvalue weighted by atomic mass is 10.0. The summed E-state index contributed by atoms with van der Waals surface area (Å²) < 4.78 is 5.17. The van der Waals surface area contributed by atoms with E-state index in [4.69, 9.17) is 4.74 Å². The van der Waals surface area contributed by atoms with E-state index in [-0.39, 0.29) is 12.1 Å². The summed E-state index contributed by atoms with van der Waals surface area (Å²) >= 11 is 0. The number of hydrogen-bond acceptors (Lipinski definition) is 2. The van der Waals surface area contributed by atoms with Gasteiger partial charge in [-0.15, -0.1) is 0 Å². The summed E-state index contributed by atoms with van der Waals surface area (Å²) in [6.07, 6.45) is 8.98. The highest BCUT2D eigenvalue weighted by atomic mass is 16.5. The fraction of sp³-hybridized carbons (Fsp3) is 0.611. The van der Waals surface area contributed by atoms with E-state index < -0.39 is 0 Å². The van der Waals surface area contributed by atoms with Gasteiger partial charge in [0.25, 0.3) is 0 Å². The molecule has 0 N–H and O–H groups in total. The molecule has 1 aromatic rings. The van der Waals surface area contributed by atoms with Crippen LogP contribution in [0.3, 0.4) is 0 Å². The average Bonchev–Trinajstić information content (AvgIpc) is 2.42. The molecule has 0 aliphatic heterocycles. The summed E-state index contributed by atoms with van der Waals surface area (Å²) in [6.45, 7) is 5.60. The fourth-order valence-electron chi connectivity index (χ4n) is 2.38. The molecule has 1 atom stereocenters. The first-order valence-electron chi connectivity index (χ1n) is 7.89. The van der Waals surface area contributed by atoms with Crippen LogP contribution >= 0.6 is 0 Å². The molecule has 20 heavy (non-hydrogen) atoms. The van der Waals surface area contributed by atoms with Gasteiger partial charge in [-0.05, 0) is 30.9 Å². The molecule has 1 aromatic carbocycles. The summed E-state index contributed by atoms with van der Waals surface area (Å²) in [5.74, 6) is -0.228. The number of unbranched alkanes of at least 4 members (excludes halogenated alkanes) is 5. The van der Waals surface area contributed by atoms with Crippen LogP contribution in [0.2, 0.25) is 0 Å². The lowest BCUT2D eigenvalue weighted by Crippen LogP contribution is -2.04. The number of hydrogen-bond donors (Lipinski definition) is 0. The van der Waals surface area contributed by atoms with Crippen molar-refractivity contribution in [2.24, 2.45) is 0 Å². The van der Waals surface area contributed by atoms with Crippen LogP contribution in [0.5, 0.6) is 0 Å². The minimum atomic E-state index is -0.228. The maximum absolute atomic E-state index is 10.9. The predicted molar refractivity (Wildman–Crippen MR) is 83.7 cm³/mol. The van der Waals surface area contributed by atoms with E-state index in [0.29, 0.717) is 0 Å². The number of aryl methyl sites for hydroxylation is 1. The lowest BCUT2D eigenvalue weighted by Gasteiger charge is -2.12. The van der Waals surface area contributed by atoms with Crippen molar-refractivity contribution in [1.82, 2.24) is 0 Å². The Kier molecular flexibility index (Phi) is 8.01. The van der Waals surface area contributed by atoms with Gasteiger partial charge in [0, 0.05) is 6.92 Å². The molecular formula is C18H28O2. The van der Waals surface area contributed by atoms with Crippen LogP contribution < -0.4 is 0 Å². The van der Waals surface area contributed by atoms with Gasteiger partial charge in [0.05, 0.1) is 0 Å². The van der Waals surface area contributed by atoms with Crippen molar-refractivity contribution in [3.63, 3.8) is 0 Å². The molecule has 112 valence electrons. The highest BCUT2D eigenvalue weighted by Gasteiger charge is 2.07. The van der Waals surface area contributed by atoms with Gasteiger partial charge in [0.2, 0.25) is 0 Å². The summed E-state index contributed by atoms with van der Waals surface area (Å²) in [4.78, 5) is 10.9. The van der Waals surface area contributed by atoms with Crippen molar-refractivity contribution >= 4 is 5.97 Å². The molecule has 0 aliphatic rings. The van der Waals surface area contributed by atoms with Gasteiger partial charge in [-0.25, -0.2) is 0 Å². The molecule has 0 aliphatic carbocycles. The summed E-state index contributed by atoms with van der Waals surface area (Å²) in [6, 6.07) is 8.45. The van der Waals surface area contributed by atoms with Crippen LogP contribution in [0, 0.1) is 0 Å². The highest BCUT2D eigenvalue weighted by Crippen LogP contribution is 2.18. The smallest absolute Gasteiger partial charge is 0.303 e. The minimum absolute atomic E-state index is 0.157. The number of carbonyl (C=O) groups excluding carboxylic acids is 1. The van der Waals surface area contributed by atoms with E-state index in [1.807, 2.05) is 6.92 Å².